The van der Waals surface area contributed by atoms with E-state index in [1.54, 1.807) is 0 Å². The number of piperazine rings is 1. The van der Waals surface area contributed by atoms with Crippen LogP contribution in [0.5, 0.6) is 0 Å². The fourth-order valence-corrected chi connectivity index (χ4v) is 4.30. The molecule has 0 aliphatic carbocycles. The van der Waals surface area contributed by atoms with Gasteiger partial charge in [0, 0.05) is 81.9 Å². The molecular formula is C24H35N5O2. The Morgan fingerprint density at radius 3 is 2.35 bits per heavy atom. The summed E-state index contributed by atoms with van der Waals surface area (Å²) in [6.07, 6.45) is 3.67. The molecule has 0 bridgehead atoms. The van der Waals surface area contributed by atoms with Crippen molar-refractivity contribution in [1.82, 2.24) is 14.9 Å². The van der Waals surface area contributed by atoms with E-state index >= 15 is 0 Å². The minimum atomic E-state index is -0.150. The standard InChI is InChI=1S/C24H35N5O2/c1-4-30-22(31-5-2)11-13-29-12-10-20-18-25-23(26-24(20)29)19-6-8-21(9-7-19)28-16-14-27(3)15-17-28/h6-9,18,22H,4-5,10-17H2,1-3H3. The van der Waals surface area contributed by atoms with Gasteiger partial charge in [-0.15, -0.1) is 0 Å². The summed E-state index contributed by atoms with van der Waals surface area (Å²) >= 11 is 0. The molecule has 0 unspecified atom stereocenters. The second-order valence-electron chi connectivity index (χ2n) is 8.25. The lowest BCUT2D eigenvalue weighted by atomic mass is 10.1. The predicted molar refractivity (Wildman–Crippen MR) is 125 cm³/mol. The lowest BCUT2D eigenvalue weighted by Gasteiger charge is -2.34. The Labute approximate surface area is 186 Å². The Kier molecular flexibility index (Phi) is 7.37. The fraction of sp³-hybridized carbons (Fsp3) is 0.583. The summed E-state index contributed by atoms with van der Waals surface area (Å²) in [7, 11) is 2.18. The molecule has 0 radical (unpaired) electrons. The molecule has 1 aromatic carbocycles. The molecule has 0 amide bonds. The highest BCUT2D eigenvalue weighted by Gasteiger charge is 2.23. The largest absolute Gasteiger partial charge is 0.369 e. The zero-order valence-corrected chi connectivity index (χ0v) is 19.1. The van der Waals surface area contributed by atoms with Gasteiger partial charge in [-0.25, -0.2) is 9.97 Å². The number of ether oxygens (including phenoxy) is 2. The van der Waals surface area contributed by atoms with E-state index in [1.165, 1.54) is 11.3 Å². The molecule has 2 aliphatic rings. The summed E-state index contributed by atoms with van der Waals surface area (Å²) in [5, 5.41) is 0. The monoisotopic (exact) mass is 425 g/mol. The van der Waals surface area contributed by atoms with Gasteiger partial charge in [-0.2, -0.15) is 0 Å². The van der Waals surface area contributed by atoms with Gasteiger partial charge in [0.05, 0.1) is 0 Å². The van der Waals surface area contributed by atoms with Crippen LogP contribution in [0.15, 0.2) is 30.5 Å². The predicted octanol–water partition coefficient (Wildman–Crippen LogP) is 3.05. The number of likely N-dealkylation sites (N-methyl/N-ethyl adjacent to an activating group) is 1. The first-order chi connectivity index (χ1) is 15.2. The smallest absolute Gasteiger partial charge is 0.161 e. The Morgan fingerprint density at radius 1 is 0.968 bits per heavy atom. The molecule has 1 aromatic heterocycles. The summed E-state index contributed by atoms with van der Waals surface area (Å²) < 4.78 is 11.4. The summed E-state index contributed by atoms with van der Waals surface area (Å²) in [6, 6.07) is 8.69. The number of hydrogen-bond donors (Lipinski definition) is 0. The van der Waals surface area contributed by atoms with Crippen LogP contribution in [-0.4, -0.2) is 80.7 Å². The second-order valence-corrected chi connectivity index (χ2v) is 8.25. The van der Waals surface area contributed by atoms with Gasteiger partial charge in [0.1, 0.15) is 5.82 Å². The first kappa shape index (κ1) is 22.0. The first-order valence-electron chi connectivity index (χ1n) is 11.6. The molecule has 0 spiro atoms. The zero-order chi connectivity index (χ0) is 21.6. The highest BCUT2D eigenvalue weighted by atomic mass is 16.7. The number of rotatable bonds is 9. The fourth-order valence-electron chi connectivity index (χ4n) is 4.30. The molecular weight excluding hydrogens is 390 g/mol. The Balaban J connectivity index is 1.43. The third-order valence-electron chi connectivity index (χ3n) is 6.13. The van der Waals surface area contributed by atoms with Gasteiger partial charge in [0.2, 0.25) is 0 Å². The summed E-state index contributed by atoms with van der Waals surface area (Å²) in [4.78, 5) is 16.8. The van der Waals surface area contributed by atoms with E-state index in [4.69, 9.17) is 14.5 Å². The third-order valence-corrected chi connectivity index (χ3v) is 6.13. The average molecular weight is 426 g/mol. The zero-order valence-electron chi connectivity index (χ0n) is 19.1. The number of aromatic nitrogens is 2. The van der Waals surface area contributed by atoms with E-state index in [2.05, 4.69) is 51.0 Å². The topological polar surface area (TPSA) is 54.0 Å². The van der Waals surface area contributed by atoms with Crippen molar-refractivity contribution < 1.29 is 9.47 Å². The van der Waals surface area contributed by atoms with E-state index in [0.29, 0.717) is 13.2 Å². The van der Waals surface area contributed by atoms with Gasteiger partial charge in [-0.05, 0) is 51.6 Å². The molecule has 0 atom stereocenters. The molecule has 0 saturated carbocycles. The number of anilines is 2. The summed E-state index contributed by atoms with van der Waals surface area (Å²) in [6.45, 7) is 11.6. The van der Waals surface area contributed by atoms with Crippen molar-refractivity contribution in [3.8, 4) is 11.4 Å². The maximum absolute atomic E-state index is 5.70. The van der Waals surface area contributed by atoms with Gasteiger partial charge in [-0.3, -0.25) is 0 Å². The van der Waals surface area contributed by atoms with Crippen LogP contribution in [0.3, 0.4) is 0 Å². The Morgan fingerprint density at radius 2 is 1.68 bits per heavy atom. The van der Waals surface area contributed by atoms with E-state index in [9.17, 15) is 0 Å². The lowest BCUT2D eigenvalue weighted by Crippen LogP contribution is -2.44. The van der Waals surface area contributed by atoms with Crippen molar-refractivity contribution in [3.05, 3.63) is 36.0 Å². The third kappa shape index (κ3) is 5.34. The SMILES string of the molecule is CCOC(CCN1CCc2cnc(-c3ccc(N4CCN(C)CC4)cc3)nc21)OCC. The van der Waals surface area contributed by atoms with Crippen LogP contribution in [0.1, 0.15) is 25.8 Å². The number of nitrogens with zero attached hydrogens (tertiary/aromatic N) is 5. The normalized spacial score (nSPS) is 16.9. The molecule has 7 nitrogen and oxygen atoms in total. The van der Waals surface area contributed by atoms with Crippen LogP contribution >= 0.6 is 0 Å². The van der Waals surface area contributed by atoms with Crippen LogP contribution in [0.25, 0.3) is 11.4 Å². The molecule has 2 aliphatic heterocycles. The van der Waals surface area contributed by atoms with Gasteiger partial charge < -0.3 is 24.2 Å². The van der Waals surface area contributed by atoms with Crippen molar-refractivity contribution in [2.24, 2.45) is 0 Å². The average Bonchev–Trinajstić information content (AvgIpc) is 3.21. The van der Waals surface area contributed by atoms with Crippen LogP contribution in [-0.2, 0) is 15.9 Å². The van der Waals surface area contributed by atoms with Crippen molar-refractivity contribution in [3.63, 3.8) is 0 Å². The van der Waals surface area contributed by atoms with Crippen LogP contribution in [0.2, 0.25) is 0 Å². The molecule has 4 rings (SSSR count). The molecule has 7 heteroatoms. The van der Waals surface area contributed by atoms with E-state index in [0.717, 1.165) is 69.3 Å². The number of hydrogen-bond acceptors (Lipinski definition) is 7. The van der Waals surface area contributed by atoms with Crippen molar-refractivity contribution in [2.45, 2.75) is 33.0 Å². The van der Waals surface area contributed by atoms with Gasteiger partial charge >= 0.3 is 0 Å². The highest BCUT2D eigenvalue weighted by molar-refractivity contribution is 5.63. The van der Waals surface area contributed by atoms with Crippen molar-refractivity contribution in [2.75, 3.05) is 69.3 Å². The number of fused-ring (bicyclic) bond motifs is 1. The first-order valence-corrected chi connectivity index (χ1v) is 11.6. The van der Waals surface area contributed by atoms with E-state index in [1.807, 2.05) is 20.0 Å². The van der Waals surface area contributed by atoms with Gasteiger partial charge in [0.25, 0.3) is 0 Å². The van der Waals surface area contributed by atoms with Crippen LogP contribution in [0.4, 0.5) is 11.5 Å². The number of benzene rings is 1. The molecule has 0 N–H and O–H groups in total. The Bertz CT molecular complexity index is 830. The summed E-state index contributed by atoms with van der Waals surface area (Å²) in [5.74, 6) is 1.85. The molecule has 1 fully saturated rings. The molecule has 31 heavy (non-hydrogen) atoms. The maximum Gasteiger partial charge on any atom is 0.161 e. The Hall–Kier alpha value is -2.22. The van der Waals surface area contributed by atoms with E-state index in [-0.39, 0.29) is 6.29 Å². The second kappa shape index (κ2) is 10.4. The van der Waals surface area contributed by atoms with Crippen molar-refractivity contribution >= 4 is 11.5 Å². The summed E-state index contributed by atoms with van der Waals surface area (Å²) in [5.41, 5.74) is 3.56. The van der Waals surface area contributed by atoms with Crippen molar-refractivity contribution in [1.29, 1.82) is 0 Å². The highest BCUT2D eigenvalue weighted by Crippen LogP contribution is 2.29. The minimum absolute atomic E-state index is 0.150. The van der Waals surface area contributed by atoms with Gasteiger partial charge in [0.15, 0.2) is 12.1 Å². The molecule has 1 saturated heterocycles. The molecule has 3 heterocycles. The molecule has 168 valence electrons. The lowest BCUT2D eigenvalue weighted by molar-refractivity contribution is -0.138. The van der Waals surface area contributed by atoms with Crippen LogP contribution < -0.4 is 9.80 Å². The van der Waals surface area contributed by atoms with E-state index < -0.39 is 0 Å². The minimum Gasteiger partial charge on any atom is -0.369 e. The maximum atomic E-state index is 5.70. The quantitative estimate of drug-likeness (QED) is 0.573. The van der Waals surface area contributed by atoms with Crippen LogP contribution in [0, 0.1) is 0 Å². The molecule has 2 aromatic rings. The van der Waals surface area contributed by atoms with Gasteiger partial charge in [-0.1, -0.05) is 0 Å².